The molecule has 0 saturated heterocycles. The molecule has 26 heavy (non-hydrogen) atoms. The SMILES string of the molecule is O=C(O)/C=C/c1ccc(CSCCNS(=O)(=O)c2ccc(Cl)cc2)cc1. The zero-order chi connectivity index (χ0) is 19.0. The second-order valence-electron chi connectivity index (χ2n) is 5.32. The van der Waals surface area contributed by atoms with Crippen molar-refractivity contribution in [3.05, 3.63) is 70.8 Å². The molecule has 0 saturated carbocycles. The van der Waals surface area contributed by atoms with Gasteiger partial charge in [0, 0.05) is 29.1 Å². The smallest absolute Gasteiger partial charge is 0.328 e. The zero-order valence-electron chi connectivity index (χ0n) is 13.8. The molecule has 0 aliphatic carbocycles. The Kier molecular flexibility index (Phi) is 7.71. The van der Waals surface area contributed by atoms with Crippen molar-refractivity contribution in [1.82, 2.24) is 4.72 Å². The first-order chi connectivity index (χ1) is 12.4. The van der Waals surface area contributed by atoms with Gasteiger partial charge in [-0.15, -0.1) is 0 Å². The predicted molar refractivity (Wildman–Crippen MR) is 106 cm³/mol. The fourth-order valence-corrected chi connectivity index (χ4v) is 4.13. The lowest BCUT2D eigenvalue weighted by Gasteiger charge is -2.07. The highest BCUT2D eigenvalue weighted by Crippen LogP contribution is 2.15. The highest BCUT2D eigenvalue weighted by molar-refractivity contribution is 7.98. The third kappa shape index (κ3) is 6.84. The van der Waals surface area contributed by atoms with Gasteiger partial charge in [0.25, 0.3) is 0 Å². The number of benzene rings is 2. The van der Waals surface area contributed by atoms with E-state index in [1.807, 2.05) is 24.3 Å². The number of hydrogen-bond acceptors (Lipinski definition) is 4. The van der Waals surface area contributed by atoms with E-state index in [-0.39, 0.29) is 4.90 Å². The van der Waals surface area contributed by atoms with Crippen LogP contribution in [0.25, 0.3) is 6.08 Å². The number of aliphatic carboxylic acids is 1. The van der Waals surface area contributed by atoms with Crippen LogP contribution in [0.1, 0.15) is 11.1 Å². The number of thioether (sulfide) groups is 1. The first-order valence-electron chi connectivity index (χ1n) is 7.70. The van der Waals surface area contributed by atoms with Crippen LogP contribution in [0.3, 0.4) is 0 Å². The van der Waals surface area contributed by atoms with Gasteiger partial charge in [-0.3, -0.25) is 0 Å². The summed E-state index contributed by atoms with van der Waals surface area (Å²) in [5, 5.41) is 9.08. The van der Waals surface area contributed by atoms with E-state index in [0.717, 1.165) is 23.0 Å². The van der Waals surface area contributed by atoms with Gasteiger partial charge in [-0.2, -0.15) is 11.8 Å². The maximum absolute atomic E-state index is 12.1. The minimum Gasteiger partial charge on any atom is -0.478 e. The molecule has 0 heterocycles. The van der Waals surface area contributed by atoms with Gasteiger partial charge in [0.1, 0.15) is 0 Å². The molecule has 0 spiro atoms. The van der Waals surface area contributed by atoms with Crippen LogP contribution in [0, 0.1) is 0 Å². The highest BCUT2D eigenvalue weighted by atomic mass is 35.5. The average molecular weight is 412 g/mol. The second-order valence-corrected chi connectivity index (χ2v) is 8.63. The van der Waals surface area contributed by atoms with Crippen molar-refractivity contribution in [2.75, 3.05) is 12.3 Å². The fraction of sp³-hybridized carbons (Fsp3) is 0.167. The number of carboxylic acid groups (broad SMARTS) is 1. The Bertz CT molecular complexity index is 863. The fourth-order valence-electron chi connectivity index (χ4n) is 2.03. The highest BCUT2D eigenvalue weighted by Gasteiger charge is 2.12. The van der Waals surface area contributed by atoms with Crippen LogP contribution in [0.4, 0.5) is 0 Å². The normalized spacial score (nSPS) is 11.7. The first-order valence-corrected chi connectivity index (χ1v) is 10.7. The minimum atomic E-state index is -3.52. The molecule has 0 atom stereocenters. The van der Waals surface area contributed by atoms with Crippen LogP contribution in [-0.2, 0) is 20.6 Å². The summed E-state index contributed by atoms with van der Waals surface area (Å²) in [6, 6.07) is 13.6. The van der Waals surface area contributed by atoms with E-state index in [1.54, 1.807) is 23.9 Å². The van der Waals surface area contributed by atoms with Crippen LogP contribution in [0.15, 0.2) is 59.5 Å². The summed E-state index contributed by atoms with van der Waals surface area (Å²) < 4.78 is 26.8. The Labute approximate surface area is 162 Å². The van der Waals surface area contributed by atoms with Crippen molar-refractivity contribution < 1.29 is 18.3 Å². The van der Waals surface area contributed by atoms with Gasteiger partial charge in [0.15, 0.2) is 0 Å². The van der Waals surface area contributed by atoms with Crippen molar-refractivity contribution in [3.8, 4) is 0 Å². The number of sulfonamides is 1. The molecule has 2 aromatic rings. The molecule has 5 nitrogen and oxygen atoms in total. The van der Waals surface area contributed by atoms with Gasteiger partial charge in [-0.05, 0) is 41.5 Å². The van der Waals surface area contributed by atoms with Crippen molar-refractivity contribution in [3.63, 3.8) is 0 Å². The van der Waals surface area contributed by atoms with Gasteiger partial charge in [-0.1, -0.05) is 35.9 Å². The number of nitrogens with one attached hydrogen (secondary N) is 1. The Morgan fingerprint density at radius 3 is 2.38 bits per heavy atom. The molecule has 2 aromatic carbocycles. The molecule has 138 valence electrons. The van der Waals surface area contributed by atoms with Crippen molar-refractivity contribution in [2.45, 2.75) is 10.6 Å². The van der Waals surface area contributed by atoms with Gasteiger partial charge < -0.3 is 5.11 Å². The summed E-state index contributed by atoms with van der Waals surface area (Å²) in [6.45, 7) is 0.328. The van der Waals surface area contributed by atoms with Crippen LogP contribution in [0.5, 0.6) is 0 Å². The molecule has 0 amide bonds. The first kappa shape index (κ1) is 20.5. The maximum atomic E-state index is 12.1. The summed E-state index contributed by atoms with van der Waals surface area (Å²) in [5.74, 6) is 0.393. The number of halogens is 1. The van der Waals surface area contributed by atoms with Crippen molar-refractivity contribution >= 4 is 45.4 Å². The Morgan fingerprint density at radius 1 is 1.12 bits per heavy atom. The lowest BCUT2D eigenvalue weighted by Crippen LogP contribution is -2.26. The van der Waals surface area contributed by atoms with E-state index in [0.29, 0.717) is 17.3 Å². The van der Waals surface area contributed by atoms with Gasteiger partial charge in [0.2, 0.25) is 10.0 Å². The number of carbonyl (C=O) groups is 1. The molecule has 0 fully saturated rings. The van der Waals surface area contributed by atoms with E-state index in [1.165, 1.54) is 18.2 Å². The van der Waals surface area contributed by atoms with Crippen LogP contribution < -0.4 is 4.72 Å². The summed E-state index contributed by atoms with van der Waals surface area (Å²) in [7, 11) is -3.52. The average Bonchev–Trinajstić information content (AvgIpc) is 2.61. The number of carboxylic acids is 1. The van der Waals surface area contributed by atoms with Crippen LogP contribution in [-0.4, -0.2) is 31.8 Å². The summed E-state index contributed by atoms with van der Waals surface area (Å²) in [5.41, 5.74) is 1.90. The molecule has 8 heteroatoms. The summed E-state index contributed by atoms with van der Waals surface area (Å²) in [4.78, 5) is 10.7. The van der Waals surface area contributed by atoms with E-state index in [4.69, 9.17) is 16.7 Å². The molecule has 0 aromatic heterocycles. The zero-order valence-corrected chi connectivity index (χ0v) is 16.2. The molecular formula is C18H18ClNO4S2. The maximum Gasteiger partial charge on any atom is 0.328 e. The van der Waals surface area contributed by atoms with Gasteiger partial charge in [-0.25, -0.2) is 17.9 Å². The Hall–Kier alpha value is -1.80. The lowest BCUT2D eigenvalue weighted by molar-refractivity contribution is -0.131. The van der Waals surface area contributed by atoms with Crippen LogP contribution >= 0.6 is 23.4 Å². The Morgan fingerprint density at radius 2 is 1.77 bits per heavy atom. The lowest BCUT2D eigenvalue weighted by atomic mass is 10.1. The van der Waals surface area contributed by atoms with Gasteiger partial charge >= 0.3 is 5.97 Å². The summed E-state index contributed by atoms with van der Waals surface area (Å²) in [6.07, 6.45) is 2.63. The molecule has 2 N–H and O–H groups in total. The summed E-state index contributed by atoms with van der Waals surface area (Å²) >= 11 is 7.37. The van der Waals surface area contributed by atoms with Crippen molar-refractivity contribution in [2.24, 2.45) is 0 Å². The van der Waals surface area contributed by atoms with E-state index >= 15 is 0 Å². The molecule has 0 radical (unpaired) electrons. The van der Waals surface area contributed by atoms with E-state index in [9.17, 15) is 13.2 Å². The Balaban J connectivity index is 1.75. The largest absolute Gasteiger partial charge is 0.478 e. The van der Waals surface area contributed by atoms with Crippen molar-refractivity contribution in [1.29, 1.82) is 0 Å². The molecular weight excluding hydrogens is 394 g/mol. The predicted octanol–water partition coefficient (Wildman–Crippen LogP) is 3.65. The number of rotatable bonds is 9. The molecule has 0 aliphatic rings. The molecule has 0 bridgehead atoms. The van der Waals surface area contributed by atoms with E-state index < -0.39 is 16.0 Å². The second kappa shape index (κ2) is 9.78. The quantitative estimate of drug-likeness (QED) is 0.486. The monoisotopic (exact) mass is 411 g/mol. The van der Waals surface area contributed by atoms with Crippen LogP contribution in [0.2, 0.25) is 5.02 Å². The van der Waals surface area contributed by atoms with Gasteiger partial charge in [0.05, 0.1) is 4.90 Å². The molecule has 0 aliphatic heterocycles. The topological polar surface area (TPSA) is 83.5 Å². The third-order valence-electron chi connectivity index (χ3n) is 3.33. The molecule has 2 rings (SSSR count). The minimum absolute atomic E-state index is 0.192. The molecule has 0 unspecified atom stereocenters. The standard InChI is InChI=1S/C18H18ClNO4S2/c19-16-6-8-17(9-7-16)26(23,24)20-11-12-25-13-15-3-1-14(2-4-15)5-10-18(21)22/h1-10,20H,11-13H2,(H,21,22)/b10-5+. The number of hydrogen-bond donors (Lipinski definition) is 2. The van der Waals surface area contributed by atoms with E-state index in [2.05, 4.69) is 4.72 Å². The third-order valence-corrected chi connectivity index (χ3v) is 6.09.